The molecule has 0 saturated carbocycles. The van der Waals surface area contributed by atoms with Crippen molar-refractivity contribution in [3.63, 3.8) is 0 Å². The molecule has 1 rings (SSSR count). The number of amides is 2. The van der Waals surface area contributed by atoms with Gasteiger partial charge in [-0.25, -0.2) is 0 Å². The quantitative estimate of drug-likeness (QED) is 0.824. The highest BCUT2D eigenvalue weighted by Crippen LogP contribution is 2.13. The van der Waals surface area contributed by atoms with Crippen LogP contribution in [-0.2, 0) is 22.7 Å². The van der Waals surface area contributed by atoms with Crippen molar-refractivity contribution < 1.29 is 9.59 Å². The molecule has 0 fully saturated rings. The van der Waals surface area contributed by atoms with Crippen molar-refractivity contribution in [3.8, 4) is 0 Å². The van der Waals surface area contributed by atoms with Gasteiger partial charge in [0, 0.05) is 25.2 Å². The molecule has 5 heteroatoms. The molecule has 21 heavy (non-hydrogen) atoms. The zero-order valence-corrected chi connectivity index (χ0v) is 13.3. The third kappa shape index (κ3) is 4.86. The van der Waals surface area contributed by atoms with Gasteiger partial charge in [0.2, 0.25) is 0 Å². The predicted molar refractivity (Wildman–Crippen MR) is 83.3 cm³/mol. The van der Waals surface area contributed by atoms with Gasteiger partial charge >= 0.3 is 11.8 Å². The summed E-state index contributed by atoms with van der Waals surface area (Å²) in [6, 6.07) is 7.63. The van der Waals surface area contributed by atoms with Crippen molar-refractivity contribution in [3.05, 3.63) is 35.4 Å². The van der Waals surface area contributed by atoms with E-state index in [0.717, 1.165) is 11.1 Å². The highest BCUT2D eigenvalue weighted by Gasteiger charge is 2.29. The number of nitrogens with zero attached hydrogens (tertiary/aromatic N) is 1. The fourth-order valence-corrected chi connectivity index (χ4v) is 2.17. The second kappa shape index (κ2) is 7.22. The van der Waals surface area contributed by atoms with Gasteiger partial charge in [-0.1, -0.05) is 24.3 Å². The summed E-state index contributed by atoms with van der Waals surface area (Å²) in [5, 5.41) is 2.67. The molecule has 116 valence electrons. The Morgan fingerprint density at radius 3 is 2.38 bits per heavy atom. The van der Waals surface area contributed by atoms with Crippen LogP contribution in [-0.4, -0.2) is 28.8 Å². The van der Waals surface area contributed by atoms with E-state index in [1.807, 2.05) is 52.0 Å². The minimum atomic E-state index is -0.579. The third-order valence-electron chi connectivity index (χ3n) is 3.25. The summed E-state index contributed by atoms with van der Waals surface area (Å²) < 4.78 is 0. The van der Waals surface area contributed by atoms with Crippen LogP contribution in [0.1, 0.15) is 38.8 Å². The van der Waals surface area contributed by atoms with Gasteiger partial charge in [-0.2, -0.15) is 0 Å². The van der Waals surface area contributed by atoms with Crippen LogP contribution in [0.4, 0.5) is 0 Å². The molecule has 0 heterocycles. The Labute approximate surface area is 126 Å². The molecule has 1 aromatic rings. The van der Waals surface area contributed by atoms with Crippen LogP contribution in [0.3, 0.4) is 0 Å². The number of rotatable bonds is 4. The molecule has 0 aliphatic rings. The van der Waals surface area contributed by atoms with Crippen LogP contribution in [0, 0.1) is 0 Å². The van der Waals surface area contributed by atoms with Gasteiger partial charge in [0.05, 0.1) is 0 Å². The standard InChI is InChI=1S/C16H25N3O2/c1-5-19(16(2,3)4)15(21)14(20)18-11-13-8-6-7-12(9-13)10-17/h6-9H,5,10-11,17H2,1-4H3,(H,18,20). The molecule has 0 radical (unpaired) electrons. The van der Waals surface area contributed by atoms with E-state index in [1.54, 1.807) is 4.90 Å². The number of carbonyl (C=O) groups excluding carboxylic acids is 2. The first-order valence-corrected chi connectivity index (χ1v) is 7.17. The summed E-state index contributed by atoms with van der Waals surface area (Å²) in [4.78, 5) is 25.7. The van der Waals surface area contributed by atoms with Crippen molar-refractivity contribution in [1.82, 2.24) is 10.2 Å². The predicted octanol–water partition coefficient (Wildman–Crippen LogP) is 1.41. The van der Waals surface area contributed by atoms with Gasteiger partial charge in [-0.3, -0.25) is 9.59 Å². The summed E-state index contributed by atoms with van der Waals surface area (Å²) in [7, 11) is 0. The van der Waals surface area contributed by atoms with Gasteiger partial charge < -0.3 is 16.0 Å². The molecule has 0 bridgehead atoms. The van der Waals surface area contributed by atoms with Crippen molar-refractivity contribution in [2.45, 2.75) is 46.3 Å². The number of likely N-dealkylation sites (N-methyl/N-ethyl adjacent to an activating group) is 1. The molecule has 0 aromatic heterocycles. The maximum absolute atomic E-state index is 12.2. The Morgan fingerprint density at radius 1 is 1.24 bits per heavy atom. The van der Waals surface area contributed by atoms with E-state index in [1.165, 1.54) is 0 Å². The van der Waals surface area contributed by atoms with Crippen LogP contribution in [0.2, 0.25) is 0 Å². The number of nitrogens with two attached hydrogens (primary N) is 1. The van der Waals surface area contributed by atoms with Crippen molar-refractivity contribution in [1.29, 1.82) is 0 Å². The second-order valence-corrected chi connectivity index (χ2v) is 5.93. The number of benzene rings is 1. The maximum Gasteiger partial charge on any atom is 0.312 e. The first kappa shape index (κ1) is 17.2. The highest BCUT2D eigenvalue weighted by atomic mass is 16.2. The van der Waals surface area contributed by atoms with E-state index in [9.17, 15) is 9.59 Å². The van der Waals surface area contributed by atoms with Crippen molar-refractivity contribution in [2.24, 2.45) is 5.73 Å². The smallest absolute Gasteiger partial charge is 0.312 e. The Bertz CT molecular complexity index is 506. The molecule has 0 saturated heterocycles. The monoisotopic (exact) mass is 291 g/mol. The van der Waals surface area contributed by atoms with Crippen molar-refractivity contribution in [2.75, 3.05) is 6.54 Å². The van der Waals surface area contributed by atoms with Gasteiger partial charge in [0.25, 0.3) is 0 Å². The SMILES string of the molecule is CCN(C(=O)C(=O)NCc1cccc(CN)c1)C(C)(C)C. The van der Waals surface area contributed by atoms with E-state index in [0.29, 0.717) is 19.6 Å². The van der Waals surface area contributed by atoms with E-state index >= 15 is 0 Å². The summed E-state index contributed by atoms with van der Waals surface area (Å²) in [5.74, 6) is -1.08. The average molecular weight is 291 g/mol. The van der Waals surface area contributed by atoms with Crippen LogP contribution >= 0.6 is 0 Å². The molecule has 2 amide bonds. The maximum atomic E-state index is 12.2. The molecule has 0 spiro atoms. The number of carbonyl (C=O) groups is 2. The lowest BCUT2D eigenvalue weighted by Gasteiger charge is -2.34. The molecule has 0 aliphatic carbocycles. The molecule has 0 atom stereocenters. The van der Waals surface area contributed by atoms with E-state index in [-0.39, 0.29) is 5.54 Å². The Hall–Kier alpha value is -1.88. The summed E-state index contributed by atoms with van der Waals surface area (Å²) >= 11 is 0. The Kier molecular flexibility index (Phi) is 5.90. The first-order chi connectivity index (χ1) is 9.79. The van der Waals surface area contributed by atoms with Crippen LogP contribution < -0.4 is 11.1 Å². The number of hydrogen-bond acceptors (Lipinski definition) is 3. The molecule has 3 N–H and O–H groups in total. The largest absolute Gasteiger partial charge is 0.344 e. The normalized spacial score (nSPS) is 11.1. The summed E-state index contributed by atoms with van der Waals surface area (Å²) in [6.07, 6.45) is 0. The Balaban J connectivity index is 2.66. The van der Waals surface area contributed by atoms with E-state index in [4.69, 9.17) is 5.73 Å². The number of nitrogens with one attached hydrogen (secondary N) is 1. The fourth-order valence-electron chi connectivity index (χ4n) is 2.17. The summed E-state index contributed by atoms with van der Waals surface area (Å²) in [6.45, 7) is 8.86. The lowest BCUT2D eigenvalue weighted by Crippen LogP contribution is -2.51. The van der Waals surface area contributed by atoms with Crippen LogP contribution in [0.5, 0.6) is 0 Å². The Morgan fingerprint density at radius 2 is 1.86 bits per heavy atom. The van der Waals surface area contributed by atoms with E-state index < -0.39 is 11.8 Å². The fraction of sp³-hybridized carbons (Fsp3) is 0.500. The molecule has 0 aliphatic heterocycles. The zero-order chi connectivity index (χ0) is 16.0. The van der Waals surface area contributed by atoms with Crippen LogP contribution in [0.15, 0.2) is 24.3 Å². The van der Waals surface area contributed by atoms with Gasteiger partial charge in [0.1, 0.15) is 0 Å². The molecular formula is C16H25N3O2. The molecule has 1 aromatic carbocycles. The third-order valence-corrected chi connectivity index (χ3v) is 3.25. The van der Waals surface area contributed by atoms with Crippen LogP contribution in [0.25, 0.3) is 0 Å². The molecule has 0 unspecified atom stereocenters. The van der Waals surface area contributed by atoms with E-state index in [2.05, 4.69) is 5.32 Å². The lowest BCUT2D eigenvalue weighted by atomic mass is 10.1. The number of hydrogen-bond donors (Lipinski definition) is 2. The summed E-state index contributed by atoms with van der Waals surface area (Å²) in [5.41, 5.74) is 7.13. The minimum Gasteiger partial charge on any atom is -0.344 e. The first-order valence-electron chi connectivity index (χ1n) is 7.17. The second-order valence-electron chi connectivity index (χ2n) is 5.93. The molecular weight excluding hydrogens is 266 g/mol. The lowest BCUT2D eigenvalue weighted by molar-refractivity contribution is -0.149. The molecule has 5 nitrogen and oxygen atoms in total. The average Bonchev–Trinajstić information content (AvgIpc) is 2.44. The minimum absolute atomic E-state index is 0.320. The van der Waals surface area contributed by atoms with Gasteiger partial charge in [-0.05, 0) is 38.8 Å². The highest BCUT2D eigenvalue weighted by molar-refractivity contribution is 6.35. The van der Waals surface area contributed by atoms with Crippen molar-refractivity contribution >= 4 is 11.8 Å². The van der Waals surface area contributed by atoms with Gasteiger partial charge in [0.15, 0.2) is 0 Å². The van der Waals surface area contributed by atoms with Gasteiger partial charge in [-0.15, -0.1) is 0 Å². The zero-order valence-electron chi connectivity index (χ0n) is 13.3. The topological polar surface area (TPSA) is 75.4 Å².